The minimum atomic E-state index is -4.02. The van der Waals surface area contributed by atoms with Crippen molar-refractivity contribution in [2.45, 2.75) is 109 Å². The van der Waals surface area contributed by atoms with Crippen LogP contribution in [0.3, 0.4) is 0 Å². The summed E-state index contributed by atoms with van der Waals surface area (Å²) in [5.74, 6) is -2.14. The van der Waals surface area contributed by atoms with Gasteiger partial charge < -0.3 is 25.3 Å². The number of amides is 1. The fourth-order valence-corrected chi connectivity index (χ4v) is 12.0. The standard InChI is InChI=1S/C58H75ClN6O8S/c1-57(2)47-18-8-10-20-49(47)64(31-12-6-7-22-53(66)60-45-27-23-42(24-28-45)38-46-39-62(40-54(67)68)35-33-61(5)34-36-63(46)41-55(69)70)51(57)29-25-43-16-15-17-44(56(43)59)26-30-52-58(3,4)48-19-9-11-21-50(48)65(52)32-13-14-37-74(71,72)73/h8-11,18-21,23-30,46H,6-7,12-17,22,31-41H2,1-5H3,(H3-,60,66,67,68,69,70,71,72,73)/p+1. The zero-order valence-corrected chi connectivity index (χ0v) is 45.4. The predicted octanol–water partition coefficient (Wildman–Crippen LogP) is 9.40. The molecule has 1 amide bonds. The van der Waals surface area contributed by atoms with Crippen molar-refractivity contribution < 1.29 is 42.1 Å². The van der Waals surface area contributed by atoms with E-state index in [1.807, 2.05) is 47.2 Å². The number of carboxylic acid groups (broad SMARTS) is 2. The number of carbonyl (C=O) groups excluding carboxylic acids is 1. The van der Waals surface area contributed by atoms with E-state index in [9.17, 15) is 37.6 Å². The van der Waals surface area contributed by atoms with Gasteiger partial charge in [-0.1, -0.05) is 86.1 Å². The fourth-order valence-electron chi connectivity index (χ4n) is 11.2. The van der Waals surface area contributed by atoms with Crippen LogP contribution >= 0.6 is 11.6 Å². The van der Waals surface area contributed by atoms with Crippen molar-refractivity contribution in [1.29, 1.82) is 0 Å². The largest absolute Gasteiger partial charge is 0.480 e. The van der Waals surface area contributed by atoms with Crippen molar-refractivity contribution in [1.82, 2.24) is 14.7 Å². The monoisotopic (exact) mass is 1050 g/mol. The molecule has 3 aromatic carbocycles. The number of nitrogens with one attached hydrogen (secondary N) is 1. The number of carbonyl (C=O) groups is 3. The highest BCUT2D eigenvalue weighted by Gasteiger charge is 2.44. The molecule has 0 saturated carbocycles. The molecule has 74 heavy (non-hydrogen) atoms. The molecule has 0 radical (unpaired) electrons. The molecule has 14 nitrogen and oxygen atoms in total. The van der Waals surface area contributed by atoms with E-state index in [1.54, 1.807) is 0 Å². The number of para-hydroxylation sites is 2. The van der Waals surface area contributed by atoms with E-state index in [0.29, 0.717) is 70.6 Å². The summed E-state index contributed by atoms with van der Waals surface area (Å²) in [6, 6.07) is 24.4. The molecule has 4 aliphatic rings. The first kappa shape index (κ1) is 56.3. The highest BCUT2D eigenvalue weighted by atomic mass is 35.5. The van der Waals surface area contributed by atoms with Crippen molar-refractivity contribution in [2.75, 3.05) is 81.9 Å². The molecule has 3 heterocycles. The number of carboxylic acids is 2. The molecule has 0 bridgehead atoms. The zero-order valence-electron chi connectivity index (χ0n) is 43.9. The maximum absolute atomic E-state index is 13.2. The van der Waals surface area contributed by atoms with E-state index >= 15 is 0 Å². The minimum absolute atomic E-state index is 0.0525. The van der Waals surface area contributed by atoms with Gasteiger partial charge >= 0.3 is 11.9 Å². The highest BCUT2D eigenvalue weighted by molar-refractivity contribution is 7.85. The maximum atomic E-state index is 13.2. The Morgan fingerprint density at radius 2 is 1.50 bits per heavy atom. The third-order valence-corrected chi connectivity index (χ3v) is 16.5. The Kier molecular flexibility index (Phi) is 19.0. The number of likely N-dealkylation sites (N-methyl/N-ethyl adjacent to an activating group) is 1. The fraction of sp³-hybridized carbons (Fsp3) is 0.483. The van der Waals surface area contributed by atoms with Crippen LogP contribution in [0.4, 0.5) is 17.1 Å². The van der Waals surface area contributed by atoms with E-state index < -0.39 is 22.1 Å². The van der Waals surface area contributed by atoms with Crippen molar-refractivity contribution >= 4 is 62.3 Å². The molecule has 1 fully saturated rings. The Morgan fingerprint density at radius 1 is 0.797 bits per heavy atom. The molecule has 1 atom stereocenters. The lowest BCUT2D eigenvalue weighted by molar-refractivity contribution is -0.438. The molecule has 1 saturated heterocycles. The SMILES string of the molecule is CN1CCN(CC(=O)O)CC(Cc2ccc(NC(=O)CCCCC[N+]3=C(/C=C/C4=C(Cl)C(=C/C=C5\N(CCCCS(=O)(=O)O)c6ccccc6C5(C)C)CCC4)C(C)(C)c4ccccc43)cc2)N(CC(=O)O)CC1. The van der Waals surface area contributed by atoms with Crippen LogP contribution in [0, 0.1) is 0 Å². The van der Waals surface area contributed by atoms with Crippen LogP contribution < -0.4 is 10.2 Å². The molecule has 1 aliphatic carbocycles. The summed E-state index contributed by atoms with van der Waals surface area (Å²) in [6.45, 7) is 13.1. The van der Waals surface area contributed by atoms with Crippen molar-refractivity contribution in [3.8, 4) is 0 Å². The number of aliphatic carboxylic acids is 2. The molecule has 0 aromatic heterocycles. The van der Waals surface area contributed by atoms with Gasteiger partial charge in [-0.05, 0) is 119 Å². The van der Waals surface area contributed by atoms with E-state index in [0.717, 1.165) is 78.2 Å². The smallest absolute Gasteiger partial charge is 0.317 e. The quantitative estimate of drug-likeness (QED) is 0.0453. The average Bonchev–Trinajstić information content (AvgIpc) is 3.72. The van der Waals surface area contributed by atoms with E-state index in [4.69, 9.17) is 11.6 Å². The first-order chi connectivity index (χ1) is 35.2. The van der Waals surface area contributed by atoms with Gasteiger partial charge in [0.05, 0.1) is 24.3 Å². The lowest BCUT2D eigenvalue weighted by Crippen LogP contribution is -2.48. The number of unbranched alkanes of at least 4 members (excludes halogenated alkanes) is 3. The van der Waals surface area contributed by atoms with E-state index in [-0.39, 0.29) is 41.6 Å². The van der Waals surface area contributed by atoms with Crippen LogP contribution in [0.15, 0.2) is 119 Å². The van der Waals surface area contributed by atoms with Crippen LogP contribution in [-0.2, 0) is 41.8 Å². The third-order valence-electron chi connectivity index (χ3n) is 15.2. The molecule has 1 unspecified atom stereocenters. The molecular formula is C58H76ClN6O8S+. The summed E-state index contributed by atoms with van der Waals surface area (Å²) in [7, 11) is -2.05. The number of rotatable bonds is 21. The highest BCUT2D eigenvalue weighted by Crippen LogP contribution is 2.48. The third kappa shape index (κ3) is 14.5. The lowest BCUT2D eigenvalue weighted by Gasteiger charge is -2.33. The van der Waals surface area contributed by atoms with Gasteiger partial charge in [0.1, 0.15) is 6.54 Å². The molecule has 398 valence electrons. The topological polar surface area (TPSA) is 174 Å². The van der Waals surface area contributed by atoms with E-state index in [1.165, 1.54) is 22.5 Å². The number of anilines is 2. The number of hydrogen-bond donors (Lipinski definition) is 4. The van der Waals surface area contributed by atoms with Crippen molar-refractivity contribution in [3.63, 3.8) is 0 Å². The van der Waals surface area contributed by atoms with Crippen molar-refractivity contribution in [3.05, 3.63) is 136 Å². The summed E-state index contributed by atoms with van der Waals surface area (Å²) in [4.78, 5) is 44.9. The number of fused-ring (bicyclic) bond motifs is 2. The molecule has 7 rings (SSSR count). The van der Waals surface area contributed by atoms with Gasteiger partial charge in [0, 0.05) is 103 Å². The second-order valence-corrected chi connectivity index (χ2v) is 23.4. The second-order valence-electron chi connectivity index (χ2n) is 21.4. The Labute approximate surface area is 443 Å². The van der Waals surface area contributed by atoms with Crippen LogP contribution in [0.1, 0.15) is 102 Å². The van der Waals surface area contributed by atoms with E-state index in [2.05, 4.69) is 114 Å². The second kappa shape index (κ2) is 24.9. The summed E-state index contributed by atoms with van der Waals surface area (Å²) in [5, 5.41) is 23.1. The molecular weight excluding hydrogens is 976 g/mol. The molecule has 16 heteroatoms. The normalized spacial score (nSPS) is 20.7. The minimum Gasteiger partial charge on any atom is -0.480 e. The van der Waals surface area contributed by atoms with Gasteiger partial charge in [-0.2, -0.15) is 13.0 Å². The van der Waals surface area contributed by atoms with Gasteiger partial charge in [-0.3, -0.25) is 28.7 Å². The number of allylic oxidation sites excluding steroid dienone is 8. The Morgan fingerprint density at radius 3 is 2.23 bits per heavy atom. The summed E-state index contributed by atoms with van der Waals surface area (Å²) in [5.41, 5.74) is 10.5. The van der Waals surface area contributed by atoms with Gasteiger partial charge in [0.15, 0.2) is 5.71 Å². The van der Waals surface area contributed by atoms with Crippen LogP contribution in [0.2, 0.25) is 0 Å². The molecule has 3 aliphatic heterocycles. The number of halogens is 1. The van der Waals surface area contributed by atoms with Gasteiger partial charge in [-0.25, -0.2) is 0 Å². The number of benzene rings is 3. The molecule has 0 spiro atoms. The molecule has 4 N–H and O–H groups in total. The van der Waals surface area contributed by atoms with Crippen LogP contribution in [0.25, 0.3) is 0 Å². The Hall–Kier alpha value is -5.42. The lowest BCUT2D eigenvalue weighted by atomic mass is 9.81. The zero-order chi connectivity index (χ0) is 53.2. The van der Waals surface area contributed by atoms with Gasteiger partial charge in [0.25, 0.3) is 10.1 Å². The average molecular weight is 1050 g/mol. The first-order valence-electron chi connectivity index (χ1n) is 26.2. The predicted molar refractivity (Wildman–Crippen MR) is 296 cm³/mol. The summed E-state index contributed by atoms with van der Waals surface area (Å²) >= 11 is 7.29. The summed E-state index contributed by atoms with van der Waals surface area (Å²) in [6.07, 6.45) is 15.9. The number of nitrogens with zero attached hydrogens (tertiary/aromatic N) is 5. The van der Waals surface area contributed by atoms with Gasteiger partial charge in [0.2, 0.25) is 11.6 Å². The van der Waals surface area contributed by atoms with Crippen molar-refractivity contribution in [2.24, 2.45) is 0 Å². The first-order valence-corrected chi connectivity index (χ1v) is 28.2. The Balaban J connectivity index is 0.982. The number of hydrogen-bond acceptors (Lipinski definition) is 9. The summed E-state index contributed by atoms with van der Waals surface area (Å²) < 4.78 is 34.6. The Bertz CT molecular complexity index is 2800. The maximum Gasteiger partial charge on any atom is 0.317 e. The van der Waals surface area contributed by atoms with Crippen LogP contribution in [-0.4, -0.2) is 144 Å². The molecule has 3 aromatic rings. The van der Waals surface area contributed by atoms with Gasteiger partial charge in [-0.15, -0.1) is 0 Å². The van der Waals surface area contributed by atoms with Crippen LogP contribution in [0.5, 0.6) is 0 Å².